The van der Waals surface area contributed by atoms with E-state index in [0.29, 0.717) is 34.4 Å². The van der Waals surface area contributed by atoms with Crippen molar-refractivity contribution in [3.63, 3.8) is 0 Å². The van der Waals surface area contributed by atoms with Gasteiger partial charge in [-0.25, -0.2) is 0 Å². The number of hydrogen-bond acceptors (Lipinski definition) is 6. The van der Waals surface area contributed by atoms with Gasteiger partial charge in [-0.05, 0) is 75.3 Å². The van der Waals surface area contributed by atoms with Gasteiger partial charge >= 0.3 is 0 Å². The molecule has 2 fully saturated rings. The molecule has 4 amide bonds. The van der Waals surface area contributed by atoms with Crippen LogP contribution in [0.5, 0.6) is 0 Å². The standard InChI is InChI=1S/C46H54N6O4/c1-49-43(53)39-37-31-15-9-11-17-33(31)47-35(37)19-7-4-8-20-36-38(32-16-10-12-18-34(32)48-36)40-42(46(56)50(2)44(40)54)52-27-23-30(24-28-52)14-6-3-5-13-29-21-25-51(26-22-29)41(39)45(49)55/h9-12,15-18,29-30,47-48H,3-8,13-14,19-28H2,1-2H3. The smallest absolute Gasteiger partial charge is 0.277 e. The number of aromatic amines is 2. The van der Waals surface area contributed by atoms with Crippen LogP contribution in [0.2, 0.25) is 0 Å². The number of nitrogens with one attached hydrogen (secondary N) is 2. The summed E-state index contributed by atoms with van der Waals surface area (Å²) < 4.78 is 0. The Morgan fingerprint density at radius 2 is 0.875 bits per heavy atom. The minimum atomic E-state index is -0.220. The Bertz CT molecular complexity index is 2120. The number of para-hydroxylation sites is 2. The number of nitrogens with zero attached hydrogens (tertiary/aromatic N) is 4. The lowest BCUT2D eigenvalue weighted by atomic mass is 9.88. The molecule has 7 aliphatic rings. The number of imide groups is 2. The number of amides is 4. The van der Waals surface area contributed by atoms with Crippen LogP contribution in [0.3, 0.4) is 0 Å². The van der Waals surface area contributed by atoms with Crippen LogP contribution in [0, 0.1) is 11.8 Å². The third kappa shape index (κ3) is 6.35. The molecule has 0 saturated carbocycles. The van der Waals surface area contributed by atoms with Gasteiger partial charge in [0.1, 0.15) is 11.4 Å². The third-order valence-corrected chi connectivity index (χ3v) is 13.5. The summed E-state index contributed by atoms with van der Waals surface area (Å²) in [6.07, 6.45) is 14.3. The highest BCUT2D eigenvalue weighted by molar-refractivity contribution is 6.38. The zero-order chi connectivity index (χ0) is 38.5. The molecular formula is C46H54N6O4. The molecule has 0 unspecified atom stereocenters. The second-order valence-electron chi connectivity index (χ2n) is 16.9. The summed E-state index contributed by atoms with van der Waals surface area (Å²) in [4.78, 5) is 70.0. The highest BCUT2D eigenvalue weighted by Crippen LogP contribution is 2.41. The van der Waals surface area contributed by atoms with E-state index in [-0.39, 0.29) is 23.6 Å². The van der Waals surface area contributed by atoms with Gasteiger partial charge in [0, 0.05) is 84.6 Å². The van der Waals surface area contributed by atoms with E-state index in [9.17, 15) is 19.2 Å². The van der Waals surface area contributed by atoms with E-state index >= 15 is 0 Å². The Hall–Kier alpha value is -5.12. The summed E-state index contributed by atoms with van der Waals surface area (Å²) in [7, 11) is 3.24. The van der Waals surface area contributed by atoms with Crippen molar-refractivity contribution in [1.82, 2.24) is 29.6 Å². The van der Waals surface area contributed by atoms with Crippen molar-refractivity contribution in [2.45, 2.75) is 89.9 Å². The molecule has 10 heteroatoms. The van der Waals surface area contributed by atoms with E-state index in [4.69, 9.17) is 0 Å². The van der Waals surface area contributed by atoms with E-state index in [2.05, 4.69) is 44.0 Å². The highest BCUT2D eigenvalue weighted by Gasteiger charge is 2.43. The summed E-state index contributed by atoms with van der Waals surface area (Å²) in [6, 6.07) is 16.2. The number of fused-ring (bicyclic) bond motifs is 4. The van der Waals surface area contributed by atoms with Gasteiger partial charge in [0.05, 0.1) is 11.1 Å². The predicted octanol–water partition coefficient (Wildman–Crippen LogP) is 7.41. The third-order valence-electron chi connectivity index (χ3n) is 13.5. The van der Waals surface area contributed by atoms with Crippen LogP contribution in [-0.4, -0.2) is 93.5 Å². The van der Waals surface area contributed by atoms with E-state index < -0.39 is 0 Å². The number of piperidine rings is 2. The lowest BCUT2D eigenvalue weighted by Crippen LogP contribution is -2.37. The Balaban J connectivity index is 1.06. The summed E-state index contributed by atoms with van der Waals surface area (Å²) in [5, 5.41) is 1.96. The average Bonchev–Trinajstić information content (AvgIpc) is 3.89. The van der Waals surface area contributed by atoms with E-state index in [1.807, 2.05) is 24.3 Å². The molecule has 292 valence electrons. The summed E-state index contributed by atoms with van der Waals surface area (Å²) in [6.45, 7) is 3.18. The van der Waals surface area contributed by atoms with Crippen molar-refractivity contribution in [3.8, 4) is 0 Å². The SMILES string of the molecule is CN1C(=O)C2=C(C1=O)N1CCC(CCCCCC3CCN(CC3)C3=C(C(=O)N(C)C3=O)c3c([nH]c4ccccc34)CCCCCc3[nH]c4ccccc4c32)CC1. The van der Waals surface area contributed by atoms with Crippen molar-refractivity contribution in [1.29, 1.82) is 0 Å². The van der Waals surface area contributed by atoms with Gasteiger partial charge in [0.2, 0.25) is 0 Å². The Labute approximate surface area is 328 Å². The van der Waals surface area contributed by atoms with Gasteiger partial charge in [-0.1, -0.05) is 74.9 Å². The number of benzene rings is 2. The van der Waals surface area contributed by atoms with Crippen molar-refractivity contribution >= 4 is 56.6 Å². The number of aromatic nitrogens is 2. The fraction of sp³-hybridized carbons (Fsp3) is 0.478. The molecule has 9 heterocycles. The van der Waals surface area contributed by atoms with Gasteiger partial charge in [-0.2, -0.15) is 0 Å². The van der Waals surface area contributed by atoms with Crippen LogP contribution in [0.15, 0.2) is 59.9 Å². The molecule has 0 radical (unpaired) electrons. The van der Waals surface area contributed by atoms with Crippen LogP contribution in [-0.2, 0) is 32.0 Å². The van der Waals surface area contributed by atoms with Gasteiger partial charge in [-0.15, -0.1) is 0 Å². The molecule has 2 N–H and O–H groups in total. The zero-order valence-electron chi connectivity index (χ0n) is 32.9. The van der Waals surface area contributed by atoms with Crippen LogP contribution >= 0.6 is 0 Å². The van der Waals surface area contributed by atoms with E-state index in [0.717, 1.165) is 128 Å². The first-order valence-corrected chi connectivity index (χ1v) is 21.1. The second kappa shape index (κ2) is 15.1. The Kier molecular flexibility index (Phi) is 9.84. The predicted molar refractivity (Wildman–Crippen MR) is 219 cm³/mol. The zero-order valence-corrected chi connectivity index (χ0v) is 32.9. The molecule has 0 aliphatic carbocycles. The molecule has 0 spiro atoms. The van der Waals surface area contributed by atoms with Gasteiger partial charge in [0.15, 0.2) is 0 Å². The van der Waals surface area contributed by atoms with Crippen molar-refractivity contribution in [3.05, 3.63) is 82.4 Å². The highest BCUT2D eigenvalue weighted by atomic mass is 16.2. The first kappa shape index (κ1) is 36.5. The average molecular weight is 755 g/mol. The maximum Gasteiger partial charge on any atom is 0.277 e. The topological polar surface area (TPSA) is 113 Å². The minimum Gasteiger partial charge on any atom is -0.366 e. The van der Waals surface area contributed by atoms with Crippen molar-refractivity contribution in [2.24, 2.45) is 11.8 Å². The fourth-order valence-electron chi connectivity index (χ4n) is 10.3. The molecular weight excluding hydrogens is 701 g/mol. The molecule has 2 aromatic carbocycles. The van der Waals surface area contributed by atoms with E-state index in [1.54, 1.807) is 14.1 Å². The molecule has 10 nitrogen and oxygen atoms in total. The maximum atomic E-state index is 14.0. The Morgan fingerprint density at radius 3 is 1.30 bits per heavy atom. The van der Waals surface area contributed by atoms with Crippen LogP contribution < -0.4 is 0 Å². The van der Waals surface area contributed by atoms with Crippen molar-refractivity contribution in [2.75, 3.05) is 40.3 Å². The molecule has 4 aromatic rings. The molecule has 2 saturated heterocycles. The largest absolute Gasteiger partial charge is 0.366 e. The second-order valence-corrected chi connectivity index (χ2v) is 16.9. The molecule has 11 rings (SSSR count). The number of hydrogen-bond donors (Lipinski definition) is 2. The van der Waals surface area contributed by atoms with Gasteiger partial charge in [-0.3, -0.25) is 29.0 Å². The van der Waals surface area contributed by atoms with E-state index in [1.165, 1.54) is 41.9 Å². The summed E-state index contributed by atoms with van der Waals surface area (Å²) in [5.41, 5.74) is 7.90. The number of H-pyrrole nitrogens is 2. The number of rotatable bonds is 0. The molecule has 2 aromatic heterocycles. The van der Waals surface area contributed by atoms with Crippen LogP contribution in [0.1, 0.15) is 99.6 Å². The fourth-order valence-corrected chi connectivity index (χ4v) is 10.3. The minimum absolute atomic E-state index is 0.195. The molecule has 56 heavy (non-hydrogen) atoms. The van der Waals surface area contributed by atoms with Gasteiger partial charge in [0.25, 0.3) is 23.6 Å². The molecule has 0 atom stereocenters. The van der Waals surface area contributed by atoms with Gasteiger partial charge < -0.3 is 19.8 Å². The quantitative estimate of drug-likeness (QED) is 0.181. The Morgan fingerprint density at radius 1 is 0.482 bits per heavy atom. The normalized spacial score (nSPS) is 23.5. The first-order valence-electron chi connectivity index (χ1n) is 21.1. The maximum absolute atomic E-state index is 14.0. The summed E-state index contributed by atoms with van der Waals surface area (Å²) in [5.74, 6) is 0.439. The lowest BCUT2D eigenvalue weighted by Gasteiger charge is -2.34. The molecule has 4 bridgehead atoms. The number of carbonyl (C=O) groups is 4. The lowest BCUT2D eigenvalue weighted by molar-refractivity contribution is -0.137. The first-order chi connectivity index (χ1) is 27.3. The van der Waals surface area contributed by atoms with Crippen molar-refractivity contribution < 1.29 is 19.2 Å². The number of aryl methyl sites for hydroxylation is 2. The monoisotopic (exact) mass is 754 g/mol. The van der Waals surface area contributed by atoms with Crippen LogP contribution in [0.4, 0.5) is 0 Å². The number of carbonyl (C=O) groups excluding carboxylic acids is 4. The summed E-state index contributed by atoms with van der Waals surface area (Å²) >= 11 is 0. The molecule has 7 aliphatic heterocycles. The number of likely N-dealkylation sites (N-methyl/N-ethyl adjacent to an activating group) is 2. The van der Waals surface area contributed by atoms with Crippen LogP contribution in [0.25, 0.3) is 33.0 Å².